The zero-order valence-electron chi connectivity index (χ0n) is 9.83. The third-order valence-electron chi connectivity index (χ3n) is 2.47. The van der Waals surface area contributed by atoms with E-state index in [9.17, 15) is 4.79 Å². The maximum Gasteiger partial charge on any atom is 0.361 e. The summed E-state index contributed by atoms with van der Waals surface area (Å²) in [5, 5.41) is 12.8. The van der Waals surface area contributed by atoms with Gasteiger partial charge in [-0.3, -0.25) is 4.98 Å². The van der Waals surface area contributed by atoms with Crippen LogP contribution in [0.4, 0.5) is 0 Å². The van der Waals surface area contributed by atoms with E-state index < -0.39 is 5.97 Å². The number of oxime groups is 1. The first-order valence-corrected chi connectivity index (χ1v) is 5.51. The second-order valence-corrected chi connectivity index (χ2v) is 3.54. The Kier molecular flexibility index (Phi) is 3.52. The number of fused-ring (bicyclic) bond motifs is 1. The van der Waals surface area contributed by atoms with E-state index in [1.54, 1.807) is 31.3 Å². The quantitative estimate of drug-likeness (QED) is 0.388. The number of pyridine rings is 1. The Balaban J connectivity index is 2.56. The van der Waals surface area contributed by atoms with Gasteiger partial charge in [0, 0.05) is 17.1 Å². The van der Waals surface area contributed by atoms with E-state index in [1.165, 1.54) is 0 Å². The summed E-state index contributed by atoms with van der Waals surface area (Å²) in [6, 6.07) is 8.82. The molecule has 1 heterocycles. The molecular weight excluding hydrogens is 232 g/mol. The number of nitrogens with zero attached hydrogens (tertiary/aromatic N) is 2. The van der Waals surface area contributed by atoms with Crippen molar-refractivity contribution >= 4 is 22.6 Å². The fourth-order valence-electron chi connectivity index (χ4n) is 1.71. The lowest BCUT2D eigenvalue weighted by molar-refractivity contribution is -0.135. The molecule has 0 spiro atoms. The summed E-state index contributed by atoms with van der Waals surface area (Å²) < 4.78 is 4.85. The smallest absolute Gasteiger partial charge is 0.361 e. The van der Waals surface area contributed by atoms with Crippen LogP contribution in [0.3, 0.4) is 0 Å². The van der Waals surface area contributed by atoms with Crippen LogP contribution in [0.5, 0.6) is 0 Å². The fourth-order valence-corrected chi connectivity index (χ4v) is 1.71. The summed E-state index contributed by atoms with van der Waals surface area (Å²) in [6.45, 7) is 1.92. The summed E-state index contributed by atoms with van der Waals surface area (Å²) in [5.41, 5.74) is 1.11. The number of hydrogen-bond donors (Lipinski definition) is 1. The van der Waals surface area contributed by atoms with Crippen molar-refractivity contribution in [3.05, 3.63) is 42.1 Å². The van der Waals surface area contributed by atoms with Gasteiger partial charge in [0.05, 0.1) is 12.1 Å². The fraction of sp³-hybridized carbons (Fsp3) is 0.154. The molecule has 0 bridgehead atoms. The van der Waals surface area contributed by atoms with Gasteiger partial charge in [-0.15, -0.1) is 0 Å². The summed E-state index contributed by atoms with van der Waals surface area (Å²) in [7, 11) is 0. The van der Waals surface area contributed by atoms with Crippen LogP contribution in [0.15, 0.2) is 41.7 Å². The summed E-state index contributed by atoms with van der Waals surface area (Å²) in [6.07, 6.45) is 1.66. The molecule has 5 nitrogen and oxygen atoms in total. The number of carbonyl (C=O) groups is 1. The van der Waals surface area contributed by atoms with Gasteiger partial charge in [-0.2, -0.15) is 0 Å². The van der Waals surface area contributed by atoms with Gasteiger partial charge in [-0.25, -0.2) is 4.79 Å². The van der Waals surface area contributed by atoms with Crippen molar-refractivity contribution in [2.75, 3.05) is 6.61 Å². The van der Waals surface area contributed by atoms with Gasteiger partial charge in [0.2, 0.25) is 0 Å². The van der Waals surface area contributed by atoms with Gasteiger partial charge in [-0.05, 0) is 19.1 Å². The molecule has 92 valence electrons. The van der Waals surface area contributed by atoms with Crippen LogP contribution >= 0.6 is 0 Å². The zero-order valence-corrected chi connectivity index (χ0v) is 9.83. The molecule has 1 N–H and O–H groups in total. The van der Waals surface area contributed by atoms with Crippen LogP contribution in [-0.4, -0.2) is 28.5 Å². The predicted octanol–water partition coefficient (Wildman–Crippen LogP) is 1.98. The molecular formula is C13H12N2O3. The number of rotatable bonds is 3. The molecule has 0 fully saturated rings. The first kappa shape index (κ1) is 12.0. The number of ether oxygens (including phenoxy) is 1. The van der Waals surface area contributed by atoms with E-state index in [0.29, 0.717) is 5.56 Å². The molecule has 0 saturated carbocycles. The largest absolute Gasteiger partial charge is 0.461 e. The molecule has 2 rings (SSSR count). The van der Waals surface area contributed by atoms with Gasteiger partial charge >= 0.3 is 5.97 Å². The Morgan fingerprint density at radius 1 is 1.39 bits per heavy atom. The maximum atomic E-state index is 11.7. The van der Waals surface area contributed by atoms with Crippen molar-refractivity contribution in [2.24, 2.45) is 5.16 Å². The average Bonchev–Trinajstić information content (AvgIpc) is 2.40. The number of carbonyl (C=O) groups excluding carboxylic acids is 1. The Morgan fingerprint density at radius 2 is 2.22 bits per heavy atom. The third-order valence-corrected chi connectivity index (χ3v) is 2.47. The van der Waals surface area contributed by atoms with Crippen molar-refractivity contribution in [1.29, 1.82) is 0 Å². The molecule has 1 aromatic heterocycles. The number of hydrogen-bond acceptors (Lipinski definition) is 5. The summed E-state index contributed by atoms with van der Waals surface area (Å²) in [5.74, 6) is -0.656. The van der Waals surface area contributed by atoms with Gasteiger partial charge in [0.1, 0.15) is 0 Å². The van der Waals surface area contributed by atoms with Gasteiger partial charge < -0.3 is 9.94 Å². The number of aromatic nitrogens is 1. The van der Waals surface area contributed by atoms with Crippen molar-refractivity contribution in [3.8, 4) is 0 Å². The van der Waals surface area contributed by atoms with Crippen LogP contribution < -0.4 is 0 Å². The highest BCUT2D eigenvalue weighted by Gasteiger charge is 2.18. The lowest BCUT2D eigenvalue weighted by Crippen LogP contribution is -2.19. The first-order valence-electron chi connectivity index (χ1n) is 5.51. The minimum atomic E-state index is -0.656. The molecule has 18 heavy (non-hydrogen) atoms. The van der Waals surface area contributed by atoms with Gasteiger partial charge in [0.15, 0.2) is 5.71 Å². The molecule has 1 aromatic carbocycles. The summed E-state index contributed by atoms with van der Waals surface area (Å²) in [4.78, 5) is 15.9. The molecule has 2 aromatic rings. The molecule has 0 aliphatic rings. The molecule has 0 atom stereocenters. The second kappa shape index (κ2) is 5.27. The Labute approximate surface area is 104 Å². The van der Waals surface area contributed by atoms with Crippen molar-refractivity contribution in [2.45, 2.75) is 6.92 Å². The molecule has 0 aliphatic carbocycles. The lowest BCUT2D eigenvalue weighted by atomic mass is 10.0. The molecule has 0 amide bonds. The molecule has 0 saturated heterocycles. The van der Waals surface area contributed by atoms with E-state index in [2.05, 4.69) is 10.1 Å². The minimum absolute atomic E-state index is 0.115. The average molecular weight is 244 g/mol. The van der Waals surface area contributed by atoms with Crippen LogP contribution in [0.2, 0.25) is 0 Å². The molecule has 0 unspecified atom stereocenters. The molecule has 0 radical (unpaired) electrons. The van der Waals surface area contributed by atoms with Crippen LogP contribution in [0.25, 0.3) is 10.9 Å². The zero-order chi connectivity index (χ0) is 13.0. The topological polar surface area (TPSA) is 71.8 Å². The highest BCUT2D eigenvalue weighted by molar-refractivity contribution is 6.45. The Hall–Kier alpha value is -2.43. The molecule has 5 heteroatoms. The van der Waals surface area contributed by atoms with E-state index in [1.807, 2.05) is 12.1 Å². The lowest BCUT2D eigenvalue weighted by Gasteiger charge is -2.07. The monoisotopic (exact) mass is 244 g/mol. The van der Waals surface area contributed by atoms with E-state index in [-0.39, 0.29) is 12.3 Å². The standard InChI is InChI=1S/C13H12N2O3/c1-2-18-13(16)12(15-17)10-5-3-7-11-9(10)6-4-8-14-11/h3-8,17H,2H2,1H3. The normalized spacial score (nSPS) is 11.5. The third kappa shape index (κ3) is 2.15. The second-order valence-electron chi connectivity index (χ2n) is 3.54. The highest BCUT2D eigenvalue weighted by atomic mass is 16.5. The van der Waals surface area contributed by atoms with Crippen molar-refractivity contribution in [3.63, 3.8) is 0 Å². The Morgan fingerprint density at radius 3 is 2.94 bits per heavy atom. The maximum absolute atomic E-state index is 11.7. The SMILES string of the molecule is CCOC(=O)C(=NO)c1cccc2ncccc12. The van der Waals surface area contributed by atoms with Crippen LogP contribution in [-0.2, 0) is 9.53 Å². The van der Waals surface area contributed by atoms with Crippen LogP contribution in [0, 0.1) is 0 Å². The summed E-state index contributed by atoms with van der Waals surface area (Å²) >= 11 is 0. The van der Waals surface area contributed by atoms with E-state index in [0.717, 1.165) is 10.9 Å². The number of esters is 1. The van der Waals surface area contributed by atoms with Crippen LogP contribution in [0.1, 0.15) is 12.5 Å². The highest BCUT2D eigenvalue weighted by Crippen LogP contribution is 2.17. The van der Waals surface area contributed by atoms with Crippen molar-refractivity contribution < 1.29 is 14.7 Å². The van der Waals surface area contributed by atoms with Gasteiger partial charge in [-0.1, -0.05) is 23.4 Å². The van der Waals surface area contributed by atoms with E-state index in [4.69, 9.17) is 9.94 Å². The van der Waals surface area contributed by atoms with E-state index >= 15 is 0 Å². The first-order chi connectivity index (χ1) is 8.77. The minimum Gasteiger partial charge on any atom is -0.461 e. The number of benzene rings is 1. The van der Waals surface area contributed by atoms with Gasteiger partial charge in [0.25, 0.3) is 0 Å². The molecule has 0 aliphatic heterocycles. The van der Waals surface area contributed by atoms with Crippen molar-refractivity contribution in [1.82, 2.24) is 4.98 Å². The Bertz CT molecular complexity index is 603. The predicted molar refractivity (Wildman–Crippen MR) is 66.7 cm³/mol.